The molecule has 0 saturated heterocycles. The highest BCUT2D eigenvalue weighted by Gasteiger charge is 2.23. The van der Waals surface area contributed by atoms with Crippen LogP contribution in [0.4, 0.5) is 5.69 Å². The van der Waals surface area contributed by atoms with Gasteiger partial charge in [0, 0.05) is 37.2 Å². The number of para-hydroxylation sites is 1. The second-order valence-corrected chi connectivity index (χ2v) is 6.46. The molecule has 1 aliphatic heterocycles. The normalized spacial score (nSPS) is 18.0. The maximum absolute atomic E-state index is 5.41. The van der Waals surface area contributed by atoms with E-state index in [2.05, 4.69) is 58.5 Å². The van der Waals surface area contributed by atoms with Crippen LogP contribution < -0.4 is 10.2 Å². The molecular weight excluding hydrogens is 324 g/mol. The Bertz CT molecular complexity index is 645. The number of aromatic nitrogens is 2. The summed E-state index contributed by atoms with van der Waals surface area (Å²) in [5.74, 6) is 1.52. The van der Waals surface area contributed by atoms with E-state index in [1.807, 2.05) is 7.05 Å². The molecule has 0 saturated carbocycles. The molecule has 1 aromatic heterocycles. The van der Waals surface area contributed by atoms with Gasteiger partial charge in [-0.05, 0) is 45.4 Å². The summed E-state index contributed by atoms with van der Waals surface area (Å²) in [5, 5.41) is 7.28. The van der Waals surface area contributed by atoms with Gasteiger partial charge in [-0.25, -0.2) is 0 Å². The Kier molecular flexibility index (Phi) is 6.63. The molecule has 0 amide bonds. The zero-order chi connectivity index (χ0) is 16.2. The van der Waals surface area contributed by atoms with Gasteiger partial charge in [0.15, 0.2) is 5.82 Å². The molecule has 2 atom stereocenters. The van der Waals surface area contributed by atoms with E-state index in [0.717, 1.165) is 31.1 Å². The van der Waals surface area contributed by atoms with Crippen LogP contribution in [-0.2, 0) is 19.3 Å². The van der Waals surface area contributed by atoms with E-state index in [1.165, 1.54) is 24.1 Å². The number of nitrogens with one attached hydrogen (secondary N) is 1. The third-order valence-corrected chi connectivity index (χ3v) is 4.72. The van der Waals surface area contributed by atoms with Crippen molar-refractivity contribution >= 4 is 18.1 Å². The molecule has 0 aliphatic carbocycles. The van der Waals surface area contributed by atoms with Crippen molar-refractivity contribution in [3.05, 3.63) is 41.5 Å². The van der Waals surface area contributed by atoms with Crippen molar-refractivity contribution < 1.29 is 4.52 Å². The van der Waals surface area contributed by atoms with Crippen molar-refractivity contribution in [2.75, 3.05) is 18.5 Å². The first kappa shape index (κ1) is 18.7. The van der Waals surface area contributed by atoms with E-state index < -0.39 is 0 Å². The third-order valence-electron chi connectivity index (χ3n) is 4.72. The van der Waals surface area contributed by atoms with Crippen LogP contribution in [0.5, 0.6) is 0 Å². The number of hydrogen-bond donors (Lipinski definition) is 1. The minimum Gasteiger partial charge on any atom is -0.368 e. The average Bonchev–Trinajstić information content (AvgIpc) is 3.01. The predicted octanol–water partition coefficient (Wildman–Crippen LogP) is 3.03. The molecule has 2 aromatic rings. The fourth-order valence-electron chi connectivity index (χ4n) is 3.17. The van der Waals surface area contributed by atoms with Crippen LogP contribution >= 0.6 is 12.4 Å². The average molecular weight is 351 g/mol. The van der Waals surface area contributed by atoms with Gasteiger partial charge in [0.2, 0.25) is 5.89 Å². The molecule has 2 unspecified atom stereocenters. The lowest BCUT2D eigenvalue weighted by atomic mass is 9.96. The van der Waals surface area contributed by atoms with Crippen LogP contribution in [0.2, 0.25) is 0 Å². The number of nitrogens with zero attached hydrogens (tertiary/aromatic N) is 3. The summed E-state index contributed by atoms with van der Waals surface area (Å²) in [4.78, 5) is 6.99. The van der Waals surface area contributed by atoms with Crippen LogP contribution in [0.15, 0.2) is 28.8 Å². The lowest BCUT2D eigenvalue weighted by Gasteiger charge is -2.36. The first-order valence-corrected chi connectivity index (χ1v) is 8.50. The quantitative estimate of drug-likeness (QED) is 0.867. The van der Waals surface area contributed by atoms with E-state index in [-0.39, 0.29) is 12.4 Å². The number of halogens is 1. The van der Waals surface area contributed by atoms with Gasteiger partial charge in [-0.2, -0.15) is 4.98 Å². The Morgan fingerprint density at radius 2 is 2.17 bits per heavy atom. The summed E-state index contributed by atoms with van der Waals surface area (Å²) in [7, 11) is 1.95. The van der Waals surface area contributed by atoms with Gasteiger partial charge >= 0.3 is 0 Å². The molecule has 5 nitrogen and oxygen atoms in total. The fourth-order valence-corrected chi connectivity index (χ4v) is 3.17. The minimum absolute atomic E-state index is 0. The number of fused-ring (bicyclic) bond motifs is 1. The van der Waals surface area contributed by atoms with Crippen molar-refractivity contribution in [2.45, 2.75) is 51.6 Å². The highest BCUT2D eigenvalue weighted by atomic mass is 35.5. The first-order valence-electron chi connectivity index (χ1n) is 8.50. The molecule has 0 fully saturated rings. The Hall–Kier alpha value is -1.59. The topological polar surface area (TPSA) is 54.2 Å². The van der Waals surface area contributed by atoms with Gasteiger partial charge in [0.25, 0.3) is 0 Å². The second kappa shape index (κ2) is 8.49. The third kappa shape index (κ3) is 4.28. The number of rotatable bonds is 6. The highest BCUT2D eigenvalue weighted by Crippen LogP contribution is 2.30. The summed E-state index contributed by atoms with van der Waals surface area (Å²) in [6.45, 7) is 5.33. The summed E-state index contributed by atoms with van der Waals surface area (Å²) < 4.78 is 5.41. The van der Waals surface area contributed by atoms with Crippen molar-refractivity contribution in [3.8, 4) is 0 Å². The van der Waals surface area contributed by atoms with Gasteiger partial charge in [0.05, 0.1) is 0 Å². The Morgan fingerprint density at radius 1 is 1.38 bits per heavy atom. The molecule has 3 rings (SSSR count). The van der Waals surface area contributed by atoms with E-state index >= 15 is 0 Å². The van der Waals surface area contributed by atoms with E-state index in [9.17, 15) is 0 Å². The zero-order valence-electron chi connectivity index (χ0n) is 14.7. The van der Waals surface area contributed by atoms with Crippen molar-refractivity contribution in [3.63, 3.8) is 0 Å². The van der Waals surface area contributed by atoms with Gasteiger partial charge in [-0.3, -0.25) is 0 Å². The summed E-state index contributed by atoms with van der Waals surface area (Å²) in [6.07, 6.45) is 3.95. The predicted molar refractivity (Wildman–Crippen MR) is 99.0 cm³/mol. The van der Waals surface area contributed by atoms with Crippen LogP contribution in [0.3, 0.4) is 0 Å². The number of likely N-dealkylation sites (N-methyl/N-ethyl adjacent to an activating group) is 1. The van der Waals surface area contributed by atoms with E-state index in [0.29, 0.717) is 12.1 Å². The number of aryl methyl sites for hydroxylation is 1. The molecule has 24 heavy (non-hydrogen) atoms. The molecule has 6 heteroatoms. The maximum Gasteiger partial charge on any atom is 0.228 e. The molecule has 1 aliphatic rings. The van der Waals surface area contributed by atoms with E-state index in [4.69, 9.17) is 4.52 Å². The van der Waals surface area contributed by atoms with Crippen LogP contribution in [0, 0.1) is 0 Å². The molecule has 0 bridgehead atoms. The lowest BCUT2D eigenvalue weighted by molar-refractivity contribution is 0.369. The summed E-state index contributed by atoms with van der Waals surface area (Å²) in [5.41, 5.74) is 2.80. The van der Waals surface area contributed by atoms with Crippen LogP contribution in [0.25, 0.3) is 0 Å². The number of anilines is 1. The zero-order valence-corrected chi connectivity index (χ0v) is 15.5. The number of benzene rings is 1. The summed E-state index contributed by atoms with van der Waals surface area (Å²) >= 11 is 0. The molecule has 0 spiro atoms. The Labute approximate surface area is 150 Å². The van der Waals surface area contributed by atoms with Crippen molar-refractivity contribution in [2.24, 2.45) is 0 Å². The van der Waals surface area contributed by atoms with Crippen molar-refractivity contribution in [1.82, 2.24) is 15.5 Å². The van der Waals surface area contributed by atoms with Gasteiger partial charge < -0.3 is 14.7 Å². The fraction of sp³-hybridized carbons (Fsp3) is 0.556. The molecular formula is C18H27ClN4O. The Balaban J connectivity index is 0.00000208. The Morgan fingerprint density at radius 3 is 2.96 bits per heavy atom. The number of hydrogen-bond acceptors (Lipinski definition) is 5. The van der Waals surface area contributed by atoms with Gasteiger partial charge in [-0.15, -0.1) is 12.4 Å². The van der Waals surface area contributed by atoms with E-state index in [1.54, 1.807) is 0 Å². The smallest absolute Gasteiger partial charge is 0.228 e. The first-order chi connectivity index (χ1) is 11.2. The molecule has 2 heterocycles. The molecule has 1 N–H and O–H groups in total. The van der Waals surface area contributed by atoms with Crippen molar-refractivity contribution in [1.29, 1.82) is 0 Å². The lowest BCUT2D eigenvalue weighted by Crippen LogP contribution is -2.38. The summed E-state index contributed by atoms with van der Waals surface area (Å²) in [6, 6.07) is 9.61. The SMILES string of the molecule is CNC(C)Cc1noc(CCN2c3ccccc3CCC2C)n1.Cl. The largest absolute Gasteiger partial charge is 0.368 e. The second-order valence-electron chi connectivity index (χ2n) is 6.46. The molecule has 0 radical (unpaired) electrons. The maximum atomic E-state index is 5.41. The standard InChI is InChI=1S/C18H26N4O.ClH/c1-13(19-3)12-17-20-18(23-21-17)10-11-22-14(2)8-9-15-6-4-5-7-16(15)22;/h4-7,13-14,19H,8-12H2,1-3H3;1H. The van der Waals surface area contributed by atoms with Gasteiger partial charge in [-0.1, -0.05) is 23.4 Å². The molecule has 132 valence electrons. The van der Waals surface area contributed by atoms with Crippen LogP contribution in [0.1, 0.15) is 37.5 Å². The minimum atomic E-state index is 0. The van der Waals surface area contributed by atoms with Gasteiger partial charge in [0.1, 0.15) is 0 Å². The molecule has 1 aromatic carbocycles. The van der Waals surface area contributed by atoms with Crippen LogP contribution in [-0.4, -0.2) is 35.8 Å². The monoisotopic (exact) mass is 350 g/mol. The highest BCUT2D eigenvalue weighted by molar-refractivity contribution is 5.85.